The van der Waals surface area contributed by atoms with Crippen LogP contribution in [0.5, 0.6) is 0 Å². The highest BCUT2D eigenvalue weighted by molar-refractivity contribution is 7.93. The third-order valence-corrected chi connectivity index (χ3v) is 9.06. The molecule has 0 spiro atoms. The lowest BCUT2D eigenvalue weighted by atomic mass is 10.0. The molecular weight excluding hydrogens is 368 g/mol. The van der Waals surface area contributed by atoms with E-state index in [0.29, 0.717) is 0 Å². The number of rotatable bonds is 3. The van der Waals surface area contributed by atoms with Crippen molar-refractivity contribution in [2.75, 3.05) is 12.3 Å². The summed E-state index contributed by atoms with van der Waals surface area (Å²) in [5, 5.41) is 9.06. The summed E-state index contributed by atoms with van der Waals surface area (Å²) in [6.45, 7) is 4.26. The molecule has 1 atom stereocenters. The molecule has 1 fully saturated rings. The molecule has 25 heavy (non-hydrogen) atoms. The Hall–Kier alpha value is -1.49. The van der Waals surface area contributed by atoms with Gasteiger partial charge >= 0.3 is 0 Å². The van der Waals surface area contributed by atoms with E-state index in [0.717, 1.165) is 9.87 Å². The summed E-state index contributed by atoms with van der Waals surface area (Å²) in [6.07, 6.45) is 0.0616. The largest absolute Gasteiger partial charge is 0.289 e. The Labute approximate surface area is 147 Å². The molecule has 0 radical (unpaired) electrons. The molecule has 1 aromatic rings. The minimum atomic E-state index is -4.13. The second-order valence-corrected chi connectivity index (χ2v) is 11.2. The number of aryl methyl sites for hydroxylation is 1. The maximum atomic E-state index is 13.1. The summed E-state index contributed by atoms with van der Waals surface area (Å²) >= 11 is 0. The number of hydroxylamine groups is 1. The normalized spacial score (nSPS) is 23.6. The van der Waals surface area contributed by atoms with Gasteiger partial charge in [0.25, 0.3) is 5.91 Å². The predicted octanol–water partition coefficient (Wildman–Crippen LogP) is 0.457. The number of hydrogen-bond acceptors (Lipinski definition) is 6. The van der Waals surface area contributed by atoms with Crippen molar-refractivity contribution in [3.8, 4) is 0 Å². The van der Waals surface area contributed by atoms with Gasteiger partial charge in [-0.25, -0.2) is 22.3 Å². The lowest BCUT2D eigenvalue weighted by Gasteiger charge is -2.36. The number of hydrogen-bond donors (Lipinski definition) is 2. The predicted molar refractivity (Wildman–Crippen MR) is 91.3 cm³/mol. The Morgan fingerprint density at radius 1 is 1.28 bits per heavy atom. The molecule has 2 N–H and O–H groups in total. The summed E-state index contributed by atoms with van der Waals surface area (Å²) in [7, 11) is -7.89. The highest BCUT2D eigenvalue weighted by Gasteiger charge is 2.53. The molecule has 0 unspecified atom stereocenters. The van der Waals surface area contributed by atoms with Crippen LogP contribution in [-0.2, 0) is 24.7 Å². The molecular formula is C15H22N2O6S2. The van der Waals surface area contributed by atoms with Crippen LogP contribution in [0.15, 0.2) is 29.2 Å². The van der Waals surface area contributed by atoms with Gasteiger partial charge in [-0.2, -0.15) is 4.31 Å². The summed E-state index contributed by atoms with van der Waals surface area (Å²) in [5.74, 6) is -1.32. The van der Waals surface area contributed by atoms with Crippen LogP contribution in [0.2, 0.25) is 0 Å². The highest BCUT2D eigenvalue weighted by Crippen LogP contribution is 2.33. The van der Waals surface area contributed by atoms with Gasteiger partial charge in [0.2, 0.25) is 10.0 Å². The number of sulfone groups is 1. The van der Waals surface area contributed by atoms with Crippen molar-refractivity contribution in [1.82, 2.24) is 9.79 Å². The van der Waals surface area contributed by atoms with E-state index in [4.69, 9.17) is 5.21 Å². The zero-order chi connectivity index (χ0) is 19.0. The number of carbonyl (C=O) groups excluding carboxylic acids is 1. The van der Waals surface area contributed by atoms with Gasteiger partial charge < -0.3 is 0 Å². The van der Waals surface area contributed by atoms with Crippen molar-refractivity contribution < 1.29 is 26.8 Å². The molecule has 0 aliphatic carbocycles. The van der Waals surface area contributed by atoms with Gasteiger partial charge in [-0.3, -0.25) is 10.0 Å². The number of nitrogens with one attached hydrogen (secondary N) is 1. The van der Waals surface area contributed by atoms with Crippen LogP contribution in [0.25, 0.3) is 0 Å². The minimum Gasteiger partial charge on any atom is -0.289 e. The van der Waals surface area contributed by atoms with Crippen LogP contribution in [-0.4, -0.2) is 55.3 Å². The van der Waals surface area contributed by atoms with Gasteiger partial charge in [-0.15, -0.1) is 0 Å². The third kappa shape index (κ3) is 3.43. The van der Waals surface area contributed by atoms with Gasteiger partial charge in [0.05, 0.1) is 15.4 Å². The fraction of sp³-hybridized carbons (Fsp3) is 0.533. The van der Waals surface area contributed by atoms with E-state index < -0.39 is 36.6 Å². The topological polar surface area (TPSA) is 121 Å². The van der Waals surface area contributed by atoms with Crippen LogP contribution in [0.4, 0.5) is 0 Å². The summed E-state index contributed by atoms with van der Waals surface area (Å²) in [4.78, 5) is 12.2. The molecule has 8 nitrogen and oxygen atoms in total. The van der Waals surface area contributed by atoms with Gasteiger partial charge in [0.15, 0.2) is 9.84 Å². The van der Waals surface area contributed by atoms with Crippen LogP contribution >= 0.6 is 0 Å². The molecule has 10 heteroatoms. The molecule has 1 amide bonds. The summed E-state index contributed by atoms with van der Waals surface area (Å²) in [6, 6.07) is 4.47. The first-order valence-electron chi connectivity index (χ1n) is 7.70. The Kier molecular flexibility index (Phi) is 5.29. The number of carbonyl (C=O) groups is 1. The first-order valence-corrected chi connectivity index (χ1v) is 10.8. The minimum absolute atomic E-state index is 0.0380. The molecule has 1 aliphatic heterocycles. The van der Waals surface area contributed by atoms with Crippen molar-refractivity contribution >= 4 is 25.8 Å². The van der Waals surface area contributed by atoms with Crippen LogP contribution < -0.4 is 5.48 Å². The lowest BCUT2D eigenvalue weighted by molar-refractivity contribution is -0.134. The lowest BCUT2D eigenvalue weighted by Crippen LogP contribution is -2.60. The van der Waals surface area contributed by atoms with E-state index in [2.05, 4.69) is 0 Å². The summed E-state index contributed by atoms with van der Waals surface area (Å²) < 4.78 is 50.3. The van der Waals surface area contributed by atoms with Crippen LogP contribution in [0, 0.1) is 6.92 Å². The fourth-order valence-corrected chi connectivity index (χ4v) is 6.37. The molecule has 0 aromatic heterocycles. The Bertz CT molecular complexity index is 860. The molecule has 1 saturated heterocycles. The molecule has 1 aromatic carbocycles. The standard InChI is InChI=1S/C15H22N2O6S2/c1-11-5-7-12(8-6-11)25(22,23)17-9-4-10-24(20,21)15(2,3)13(17)14(18)16-19/h5-8,13,19H,4,9-10H2,1-3H3,(H,16,18)/t13-/m0/s1. The second kappa shape index (κ2) is 6.67. The first kappa shape index (κ1) is 19.8. The number of benzene rings is 1. The van der Waals surface area contributed by atoms with Gasteiger partial charge in [-0.05, 0) is 39.3 Å². The monoisotopic (exact) mass is 390 g/mol. The van der Waals surface area contributed by atoms with Crippen molar-refractivity contribution in [2.24, 2.45) is 0 Å². The van der Waals surface area contributed by atoms with E-state index in [9.17, 15) is 21.6 Å². The SMILES string of the molecule is Cc1ccc(S(=O)(=O)N2CCCS(=O)(=O)C(C)(C)[C@@H]2C(=O)NO)cc1. The van der Waals surface area contributed by atoms with Crippen molar-refractivity contribution in [1.29, 1.82) is 0 Å². The average Bonchev–Trinajstić information content (AvgIpc) is 2.62. The number of sulfonamides is 1. The zero-order valence-electron chi connectivity index (χ0n) is 14.3. The maximum absolute atomic E-state index is 13.1. The second-order valence-electron chi connectivity index (χ2n) is 6.58. The van der Waals surface area contributed by atoms with E-state index >= 15 is 0 Å². The Morgan fingerprint density at radius 3 is 2.36 bits per heavy atom. The van der Waals surface area contributed by atoms with Crippen LogP contribution in [0.3, 0.4) is 0 Å². The van der Waals surface area contributed by atoms with Gasteiger partial charge in [0, 0.05) is 6.54 Å². The van der Waals surface area contributed by atoms with Crippen molar-refractivity contribution in [3.05, 3.63) is 29.8 Å². The van der Waals surface area contributed by atoms with Gasteiger partial charge in [0.1, 0.15) is 6.04 Å². The van der Waals surface area contributed by atoms with Crippen molar-refractivity contribution in [3.63, 3.8) is 0 Å². The van der Waals surface area contributed by atoms with E-state index in [1.54, 1.807) is 19.1 Å². The molecule has 1 heterocycles. The Morgan fingerprint density at radius 2 is 1.84 bits per heavy atom. The molecule has 1 aliphatic rings. The van der Waals surface area contributed by atoms with E-state index in [1.165, 1.54) is 31.5 Å². The maximum Gasteiger partial charge on any atom is 0.263 e. The smallest absolute Gasteiger partial charge is 0.263 e. The van der Waals surface area contributed by atoms with Crippen molar-refractivity contribution in [2.45, 2.75) is 42.9 Å². The fourth-order valence-electron chi connectivity index (χ4n) is 2.93. The third-order valence-electron chi connectivity index (χ3n) is 4.53. The van der Waals surface area contributed by atoms with E-state index in [1.807, 2.05) is 0 Å². The first-order chi connectivity index (χ1) is 11.4. The molecule has 0 bridgehead atoms. The molecule has 0 saturated carbocycles. The highest BCUT2D eigenvalue weighted by atomic mass is 32.2. The van der Waals surface area contributed by atoms with E-state index in [-0.39, 0.29) is 23.6 Å². The number of amides is 1. The molecule has 140 valence electrons. The number of nitrogens with zero attached hydrogens (tertiary/aromatic N) is 1. The molecule has 2 rings (SSSR count). The average molecular weight is 390 g/mol. The summed E-state index contributed by atoms with van der Waals surface area (Å²) in [5.41, 5.74) is 2.27. The Balaban J connectivity index is 2.64. The van der Waals surface area contributed by atoms with Gasteiger partial charge in [-0.1, -0.05) is 17.7 Å². The van der Waals surface area contributed by atoms with Crippen LogP contribution in [0.1, 0.15) is 25.8 Å². The zero-order valence-corrected chi connectivity index (χ0v) is 15.9. The quantitative estimate of drug-likeness (QED) is 0.571.